The summed E-state index contributed by atoms with van der Waals surface area (Å²) in [5, 5.41) is 2.20. The van der Waals surface area contributed by atoms with Crippen LogP contribution in [0.3, 0.4) is 0 Å². The highest BCUT2D eigenvalue weighted by molar-refractivity contribution is 7.13. The van der Waals surface area contributed by atoms with E-state index in [2.05, 4.69) is 15.9 Å². The summed E-state index contributed by atoms with van der Waals surface area (Å²) < 4.78 is 8.26. The van der Waals surface area contributed by atoms with E-state index in [1.54, 1.807) is 17.1 Å². The van der Waals surface area contributed by atoms with Gasteiger partial charge in [-0.15, -0.1) is 11.3 Å². The molecule has 0 spiro atoms. The number of hydrogen-bond acceptors (Lipinski definition) is 7. The average Bonchev–Trinajstić information content (AvgIpc) is 3.25. The number of rotatable bonds is 5. The topological polar surface area (TPSA) is 76.8 Å². The molecule has 0 bridgehead atoms. The Morgan fingerprint density at radius 1 is 1.03 bits per heavy atom. The summed E-state index contributed by atoms with van der Waals surface area (Å²) in [6, 6.07) is 8.05. The number of aryl methyl sites for hydroxylation is 1. The first-order valence-electron chi connectivity index (χ1n) is 10.5. The van der Waals surface area contributed by atoms with Gasteiger partial charge in [0.05, 0.1) is 22.9 Å². The summed E-state index contributed by atoms with van der Waals surface area (Å²) in [6.07, 6.45) is 0.312. The molecular formula is C22H24N4O4S. The average molecular weight is 441 g/mol. The molecule has 0 atom stereocenters. The first-order chi connectivity index (χ1) is 15.1. The van der Waals surface area contributed by atoms with Crippen LogP contribution in [0.25, 0.3) is 10.9 Å². The van der Waals surface area contributed by atoms with Gasteiger partial charge in [0.15, 0.2) is 5.78 Å². The lowest BCUT2D eigenvalue weighted by atomic mass is 10.1. The van der Waals surface area contributed by atoms with Crippen molar-refractivity contribution in [3.63, 3.8) is 0 Å². The third-order valence-corrected chi connectivity index (χ3v) is 7.23. The first kappa shape index (κ1) is 20.0. The quantitative estimate of drug-likeness (QED) is 0.600. The van der Waals surface area contributed by atoms with Crippen LogP contribution in [0.15, 0.2) is 39.2 Å². The number of carbonyl (C=O) groups excluding carboxylic acids is 1. The van der Waals surface area contributed by atoms with Crippen molar-refractivity contribution in [1.82, 2.24) is 14.0 Å². The molecule has 0 amide bonds. The lowest BCUT2D eigenvalue weighted by molar-refractivity contribution is 0.0976. The molecule has 0 N–H and O–H groups in total. The molecule has 2 aliphatic rings. The predicted molar refractivity (Wildman–Crippen MR) is 121 cm³/mol. The monoisotopic (exact) mass is 440 g/mol. The van der Waals surface area contributed by atoms with Gasteiger partial charge in [-0.2, -0.15) is 0 Å². The van der Waals surface area contributed by atoms with Crippen molar-refractivity contribution in [2.45, 2.75) is 19.5 Å². The van der Waals surface area contributed by atoms with Gasteiger partial charge in [0, 0.05) is 69.4 Å². The lowest BCUT2D eigenvalue weighted by Gasteiger charge is -2.36. The molecule has 4 heterocycles. The first-order valence-corrected chi connectivity index (χ1v) is 11.3. The second kappa shape index (κ2) is 7.97. The number of nitrogens with zero attached hydrogens (tertiary/aromatic N) is 4. The highest BCUT2D eigenvalue weighted by Gasteiger charge is 2.26. The molecule has 1 aromatic carbocycles. The summed E-state index contributed by atoms with van der Waals surface area (Å²) >= 11 is 1.27. The molecule has 3 aromatic rings. The van der Waals surface area contributed by atoms with E-state index in [0.29, 0.717) is 41.8 Å². The molecule has 9 heteroatoms. The normalized spacial score (nSPS) is 16.8. The fourth-order valence-corrected chi connectivity index (χ4v) is 5.47. The maximum atomic E-state index is 13.0. The van der Waals surface area contributed by atoms with E-state index in [4.69, 9.17) is 4.74 Å². The van der Waals surface area contributed by atoms with Crippen LogP contribution in [0.4, 0.5) is 5.69 Å². The third kappa shape index (κ3) is 3.47. The SMILES string of the molecule is COc1cccc(N2CCN(CCn3c(=O)c4csc5c4n(c3=O)CCC5=O)CC2)c1. The van der Waals surface area contributed by atoms with Crippen molar-refractivity contribution in [2.24, 2.45) is 0 Å². The number of thiophene rings is 1. The standard InChI is InChI=1S/C22H24N4O4S/c1-30-16-4-2-3-15(13-16)24-10-7-23(8-11-24)9-12-26-21(28)17-14-31-20-18(27)5-6-25(19(17)20)22(26)29/h2-4,13-14H,5-12H2,1H3. The van der Waals surface area contributed by atoms with Gasteiger partial charge in [0.25, 0.3) is 5.56 Å². The number of ether oxygens (including phenoxy) is 1. The van der Waals surface area contributed by atoms with E-state index in [1.807, 2.05) is 18.2 Å². The van der Waals surface area contributed by atoms with Gasteiger partial charge in [0.1, 0.15) is 5.75 Å². The highest BCUT2D eigenvalue weighted by atomic mass is 32.1. The lowest BCUT2D eigenvalue weighted by Crippen LogP contribution is -2.49. The molecule has 5 rings (SSSR count). The molecule has 0 saturated carbocycles. The van der Waals surface area contributed by atoms with Crippen molar-refractivity contribution >= 4 is 33.7 Å². The van der Waals surface area contributed by atoms with Gasteiger partial charge in [-0.1, -0.05) is 6.07 Å². The zero-order valence-electron chi connectivity index (χ0n) is 17.4. The molecule has 0 radical (unpaired) electrons. The highest BCUT2D eigenvalue weighted by Crippen LogP contribution is 2.27. The summed E-state index contributed by atoms with van der Waals surface area (Å²) in [5.41, 5.74) is 1.07. The molecule has 2 aliphatic heterocycles. The van der Waals surface area contributed by atoms with E-state index in [-0.39, 0.29) is 17.0 Å². The minimum absolute atomic E-state index is 0.0189. The number of aromatic nitrogens is 2. The third-order valence-electron chi connectivity index (χ3n) is 6.22. The minimum atomic E-state index is -0.306. The number of piperazine rings is 1. The summed E-state index contributed by atoms with van der Waals surface area (Å²) in [7, 11) is 1.67. The molecule has 8 nitrogen and oxygen atoms in total. The van der Waals surface area contributed by atoms with Crippen LogP contribution in [-0.4, -0.2) is 59.7 Å². The molecular weight excluding hydrogens is 416 g/mol. The number of ketones is 1. The number of benzene rings is 1. The van der Waals surface area contributed by atoms with E-state index in [9.17, 15) is 14.4 Å². The number of carbonyl (C=O) groups is 1. The van der Waals surface area contributed by atoms with Crippen LogP contribution in [0.5, 0.6) is 5.75 Å². The molecule has 0 unspecified atom stereocenters. The minimum Gasteiger partial charge on any atom is -0.497 e. The van der Waals surface area contributed by atoms with Crippen molar-refractivity contribution in [2.75, 3.05) is 44.7 Å². The molecule has 1 saturated heterocycles. The number of anilines is 1. The van der Waals surface area contributed by atoms with Gasteiger partial charge in [0.2, 0.25) is 0 Å². The van der Waals surface area contributed by atoms with Crippen LogP contribution in [0.2, 0.25) is 0 Å². The Bertz CT molecular complexity index is 1270. The van der Waals surface area contributed by atoms with Crippen LogP contribution in [-0.2, 0) is 13.1 Å². The molecule has 2 aromatic heterocycles. The van der Waals surface area contributed by atoms with Crippen molar-refractivity contribution in [3.8, 4) is 5.75 Å². The van der Waals surface area contributed by atoms with Crippen LogP contribution in [0, 0.1) is 0 Å². The zero-order chi connectivity index (χ0) is 21.5. The summed E-state index contributed by atoms with van der Waals surface area (Å²) in [4.78, 5) is 43.2. The van der Waals surface area contributed by atoms with Crippen molar-refractivity contribution < 1.29 is 9.53 Å². The predicted octanol–water partition coefficient (Wildman–Crippen LogP) is 1.64. The van der Waals surface area contributed by atoms with E-state index < -0.39 is 0 Å². The second-order valence-electron chi connectivity index (χ2n) is 7.92. The maximum absolute atomic E-state index is 13.0. The molecule has 162 valence electrons. The van der Waals surface area contributed by atoms with Crippen molar-refractivity contribution in [3.05, 3.63) is 55.4 Å². The smallest absolute Gasteiger partial charge is 0.331 e. The Morgan fingerprint density at radius 3 is 2.61 bits per heavy atom. The van der Waals surface area contributed by atoms with Crippen molar-refractivity contribution in [1.29, 1.82) is 0 Å². The van der Waals surface area contributed by atoms with Gasteiger partial charge >= 0.3 is 5.69 Å². The summed E-state index contributed by atoms with van der Waals surface area (Å²) in [6.45, 7) is 4.81. The largest absolute Gasteiger partial charge is 0.497 e. The Hall–Kier alpha value is -2.91. The number of methoxy groups -OCH3 is 1. The van der Waals surface area contributed by atoms with Gasteiger partial charge in [-0.3, -0.25) is 23.6 Å². The van der Waals surface area contributed by atoms with Gasteiger partial charge < -0.3 is 9.64 Å². The van der Waals surface area contributed by atoms with Gasteiger partial charge in [-0.25, -0.2) is 4.79 Å². The van der Waals surface area contributed by atoms with E-state index in [1.165, 1.54) is 15.9 Å². The van der Waals surface area contributed by atoms with E-state index >= 15 is 0 Å². The maximum Gasteiger partial charge on any atom is 0.331 e. The fraction of sp³-hybridized carbons (Fsp3) is 0.409. The number of Topliss-reactive ketones (excluding diaryl/α,β-unsaturated/α-hetero) is 1. The Morgan fingerprint density at radius 2 is 1.84 bits per heavy atom. The second-order valence-corrected chi connectivity index (χ2v) is 8.80. The zero-order valence-corrected chi connectivity index (χ0v) is 18.2. The van der Waals surface area contributed by atoms with Crippen LogP contribution >= 0.6 is 11.3 Å². The van der Waals surface area contributed by atoms with Crippen LogP contribution < -0.4 is 20.9 Å². The number of hydrogen-bond donors (Lipinski definition) is 0. The Labute approximate surface area is 182 Å². The molecule has 1 fully saturated rings. The Kier molecular flexibility index (Phi) is 5.15. The summed E-state index contributed by atoms with van der Waals surface area (Å²) in [5.74, 6) is 0.864. The van der Waals surface area contributed by atoms with Crippen LogP contribution in [0.1, 0.15) is 16.1 Å². The van der Waals surface area contributed by atoms with E-state index in [0.717, 1.165) is 37.6 Å². The molecule has 31 heavy (non-hydrogen) atoms. The Balaban J connectivity index is 1.30. The fourth-order valence-electron chi connectivity index (χ4n) is 4.45. The van der Waals surface area contributed by atoms with Gasteiger partial charge in [-0.05, 0) is 12.1 Å². The molecule has 0 aliphatic carbocycles.